The molecule has 0 saturated carbocycles. The lowest BCUT2D eigenvalue weighted by Crippen LogP contribution is -2.13. The van der Waals surface area contributed by atoms with E-state index in [1.165, 1.54) is 5.56 Å². The average Bonchev–Trinajstić information content (AvgIpc) is 2.51. The quantitative estimate of drug-likeness (QED) is 0.434. The standard InChI is InChI=1S/C8H8.C7H8Br2O4/c1-2-8-6-4-3-5-7-8;8-3-5(9)4-13-7(12)2-1-6(10)11/h2-7H,1H2;1-2,5H,3-4H2,(H,10,11). The minimum atomic E-state index is -1.17. The molecule has 1 atom stereocenters. The molecule has 0 amide bonds. The summed E-state index contributed by atoms with van der Waals surface area (Å²) in [6, 6.07) is 10.0. The number of carboxylic acids is 1. The van der Waals surface area contributed by atoms with Crippen LogP contribution in [0.15, 0.2) is 49.1 Å². The Bertz CT molecular complexity index is 472. The molecule has 1 N–H and O–H groups in total. The second kappa shape index (κ2) is 12.3. The largest absolute Gasteiger partial charge is 0.478 e. The summed E-state index contributed by atoms with van der Waals surface area (Å²) in [5, 5.41) is 8.83. The number of carbonyl (C=O) groups is 2. The number of ether oxygens (including phenoxy) is 1. The maximum Gasteiger partial charge on any atom is 0.331 e. The van der Waals surface area contributed by atoms with Crippen molar-refractivity contribution in [3.05, 3.63) is 54.6 Å². The smallest absolute Gasteiger partial charge is 0.331 e. The third kappa shape index (κ3) is 12.1. The van der Waals surface area contributed by atoms with E-state index >= 15 is 0 Å². The molecule has 4 nitrogen and oxygen atoms in total. The molecule has 0 aliphatic heterocycles. The Morgan fingerprint density at radius 1 is 1.29 bits per heavy atom. The second-order valence-corrected chi connectivity index (χ2v) is 5.61. The number of hydrogen-bond donors (Lipinski definition) is 1. The zero-order chi connectivity index (χ0) is 16.1. The molecule has 0 radical (unpaired) electrons. The maximum absolute atomic E-state index is 10.8. The molecule has 0 spiro atoms. The predicted octanol–water partition coefficient (Wildman–Crippen LogP) is 3.66. The monoisotopic (exact) mass is 418 g/mol. The molecule has 0 fully saturated rings. The van der Waals surface area contributed by atoms with Gasteiger partial charge in [0.1, 0.15) is 6.61 Å². The molecule has 1 aromatic rings. The van der Waals surface area contributed by atoms with Crippen LogP contribution < -0.4 is 0 Å². The first-order valence-electron chi connectivity index (χ1n) is 5.94. The number of benzene rings is 1. The van der Waals surface area contributed by atoms with Crippen LogP contribution in [-0.2, 0) is 14.3 Å². The Kier molecular flexibility index (Phi) is 11.5. The molecular formula is C15H16Br2O4. The maximum atomic E-state index is 10.8. The van der Waals surface area contributed by atoms with Gasteiger partial charge < -0.3 is 9.84 Å². The van der Waals surface area contributed by atoms with Crippen molar-refractivity contribution in [3.63, 3.8) is 0 Å². The predicted molar refractivity (Wildman–Crippen MR) is 90.8 cm³/mol. The van der Waals surface area contributed by atoms with Gasteiger partial charge in [-0.05, 0) is 5.56 Å². The first-order chi connectivity index (χ1) is 9.99. The summed E-state index contributed by atoms with van der Waals surface area (Å²) in [4.78, 5) is 20.8. The Balaban J connectivity index is 0.000000423. The summed E-state index contributed by atoms with van der Waals surface area (Å²) in [7, 11) is 0. The minimum Gasteiger partial charge on any atom is -0.478 e. The third-order valence-electron chi connectivity index (χ3n) is 1.97. The lowest BCUT2D eigenvalue weighted by molar-refractivity contribution is -0.138. The van der Waals surface area contributed by atoms with Gasteiger partial charge in [0.15, 0.2) is 0 Å². The highest BCUT2D eigenvalue weighted by Crippen LogP contribution is 2.03. The van der Waals surface area contributed by atoms with Crippen LogP contribution in [0.5, 0.6) is 0 Å². The van der Waals surface area contributed by atoms with E-state index in [0.29, 0.717) is 5.33 Å². The molecule has 0 heterocycles. The van der Waals surface area contributed by atoms with E-state index in [0.717, 1.165) is 12.2 Å². The molecule has 0 bridgehead atoms. The zero-order valence-electron chi connectivity index (χ0n) is 11.2. The van der Waals surface area contributed by atoms with Gasteiger partial charge in [0.05, 0.1) is 4.83 Å². The van der Waals surface area contributed by atoms with Crippen LogP contribution in [0.3, 0.4) is 0 Å². The van der Waals surface area contributed by atoms with Gasteiger partial charge in [-0.2, -0.15) is 0 Å². The van der Waals surface area contributed by atoms with Crippen molar-refractivity contribution in [1.82, 2.24) is 0 Å². The zero-order valence-corrected chi connectivity index (χ0v) is 14.4. The van der Waals surface area contributed by atoms with Crippen LogP contribution >= 0.6 is 31.9 Å². The van der Waals surface area contributed by atoms with Crippen molar-refractivity contribution in [2.75, 3.05) is 11.9 Å². The van der Waals surface area contributed by atoms with Crippen LogP contribution in [0.2, 0.25) is 0 Å². The van der Waals surface area contributed by atoms with Crippen LogP contribution in [-0.4, -0.2) is 33.8 Å². The molecule has 6 heteroatoms. The summed E-state index contributed by atoms with van der Waals surface area (Å²) in [5.41, 5.74) is 1.17. The van der Waals surface area contributed by atoms with Crippen molar-refractivity contribution in [3.8, 4) is 0 Å². The third-order valence-corrected chi connectivity index (χ3v) is 4.21. The van der Waals surface area contributed by atoms with Gasteiger partial charge in [-0.1, -0.05) is 74.8 Å². The van der Waals surface area contributed by atoms with Gasteiger partial charge in [-0.25, -0.2) is 9.59 Å². The number of carboxylic acid groups (broad SMARTS) is 1. The van der Waals surface area contributed by atoms with E-state index in [9.17, 15) is 9.59 Å². The number of rotatable bonds is 6. The summed E-state index contributed by atoms with van der Waals surface area (Å²) < 4.78 is 4.68. The van der Waals surface area contributed by atoms with Gasteiger partial charge >= 0.3 is 11.9 Å². The van der Waals surface area contributed by atoms with Gasteiger partial charge in [0.25, 0.3) is 0 Å². The van der Waals surface area contributed by atoms with E-state index in [2.05, 4.69) is 43.2 Å². The van der Waals surface area contributed by atoms with Crippen LogP contribution in [0.4, 0.5) is 0 Å². The van der Waals surface area contributed by atoms with E-state index in [1.807, 2.05) is 36.4 Å². The van der Waals surface area contributed by atoms with Crippen molar-refractivity contribution < 1.29 is 19.4 Å². The number of alkyl halides is 2. The number of aliphatic carboxylic acids is 1. The van der Waals surface area contributed by atoms with E-state index in [-0.39, 0.29) is 11.4 Å². The molecule has 1 aromatic carbocycles. The molecule has 0 aliphatic rings. The Hall–Kier alpha value is -1.40. The number of carbonyl (C=O) groups excluding carboxylic acids is 1. The average molecular weight is 420 g/mol. The fraction of sp³-hybridized carbons (Fsp3) is 0.200. The van der Waals surface area contributed by atoms with Gasteiger partial charge in [-0.3, -0.25) is 0 Å². The minimum absolute atomic E-state index is 0.0367. The summed E-state index contributed by atoms with van der Waals surface area (Å²) >= 11 is 6.40. The Morgan fingerprint density at radius 3 is 2.33 bits per heavy atom. The lowest BCUT2D eigenvalue weighted by Gasteiger charge is -2.04. The van der Waals surface area contributed by atoms with Crippen LogP contribution in [0.1, 0.15) is 5.56 Å². The highest BCUT2D eigenvalue weighted by molar-refractivity contribution is 9.12. The molecule has 0 aliphatic carbocycles. The van der Waals surface area contributed by atoms with Crippen molar-refractivity contribution in [2.45, 2.75) is 4.83 Å². The molecule has 21 heavy (non-hydrogen) atoms. The van der Waals surface area contributed by atoms with E-state index in [1.54, 1.807) is 0 Å². The first-order valence-corrected chi connectivity index (χ1v) is 7.98. The van der Waals surface area contributed by atoms with Gasteiger partial charge in [0.2, 0.25) is 0 Å². The molecular weight excluding hydrogens is 404 g/mol. The van der Waals surface area contributed by atoms with Gasteiger partial charge in [0, 0.05) is 17.5 Å². The molecule has 0 aromatic heterocycles. The SMILES string of the molecule is C=Cc1ccccc1.O=C(O)C=CC(=O)OCC(Br)CBr. The number of hydrogen-bond acceptors (Lipinski definition) is 3. The Morgan fingerprint density at radius 2 is 1.90 bits per heavy atom. The molecule has 114 valence electrons. The fourth-order valence-corrected chi connectivity index (χ4v) is 1.31. The van der Waals surface area contributed by atoms with Gasteiger partial charge in [-0.15, -0.1) is 0 Å². The number of esters is 1. The highest BCUT2D eigenvalue weighted by atomic mass is 79.9. The normalized spacial score (nSPS) is 11.1. The van der Waals surface area contributed by atoms with E-state index < -0.39 is 11.9 Å². The molecule has 0 saturated heterocycles. The van der Waals surface area contributed by atoms with Crippen molar-refractivity contribution in [1.29, 1.82) is 0 Å². The topological polar surface area (TPSA) is 63.6 Å². The summed E-state index contributed by atoms with van der Waals surface area (Å²) in [6.07, 6.45) is 3.44. The fourth-order valence-electron chi connectivity index (χ4n) is 0.994. The summed E-state index contributed by atoms with van der Waals surface area (Å²) in [6.45, 7) is 3.83. The lowest BCUT2D eigenvalue weighted by atomic mass is 10.2. The van der Waals surface area contributed by atoms with Crippen LogP contribution in [0.25, 0.3) is 6.08 Å². The second-order valence-electron chi connectivity index (χ2n) is 3.67. The van der Waals surface area contributed by atoms with Crippen molar-refractivity contribution >= 4 is 49.9 Å². The first kappa shape index (κ1) is 19.6. The molecule has 1 rings (SSSR count). The molecule has 1 unspecified atom stereocenters. The van der Waals surface area contributed by atoms with Crippen LogP contribution in [0, 0.1) is 0 Å². The van der Waals surface area contributed by atoms with E-state index in [4.69, 9.17) is 5.11 Å². The number of halogens is 2. The summed E-state index contributed by atoms with van der Waals surface area (Å²) in [5.74, 6) is -1.83. The van der Waals surface area contributed by atoms with Crippen molar-refractivity contribution in [2.24, 2.45) is 0 Å². The Labute approximate surface area is 140 Å². The highest BCUT2D eigenvalue weighted by Gasteiger charge is 2.04.